The van der Waals surface area contributed by atoms with E-state index in [1.54, 1.807) is 0 Å². The summed E-state index contributed by atoms with van der Waals surface area (Å²) < 4.78 is 0. The summed E-state index contributed by atoms with van der Waals surface area (Å²) in [7, 11) is 0. The number of nitrogens with zero attached hydrogens (tertiary/aromatic N) is 2. The molecule has 0 fully saturated rings. The predicted molar refractivity (Wildman–Crippen MR) is 129 cm³/mol. The molecule has 148 valence electrons. The Balaban J connectivity index is 1.82. The Morgan fingerprint density at radius 2 is 1.12 bits per heavy atom. The van der Waals surface area contributed by atoms with Crippen LogP contribution in [0.2, 0.25) is 0 Å². The SMILES string of the molecule is N#Cc1ccc(C2=Cc3ccccc3/C2=C(/c2ccccc2)c2ccc(C#N)cc2)cc1. The molecule has 0 unspecified atom stereocenters. The molecular weight excluding hydrogens is 388 g/mol. The summed E-state index contributed by atoms with van der Waals surface area (Å²) in [5.74, 6) is 0. The quantitative estimate of drug-likeness (QED) is 0.370. The molecule has 0 bridgehead atoms. The van der Waals surface area contributed by atoms with Crippen molar-refractivity contribution in [2.45, 2.75) is 0 Å². The third-order valence-electron chi connectivity index (χ3n) is 5.74. The summed E-state index contributed by atoms with van der Waals surface area (Å²) in [5.41, 5.74) is 10.3. The summed E-state index contributed by atoms with van der Waals surface area (Å²) in [6.45, 7) is 0. The monoisotopic (exact) mass is 406 g/mol. The van der Waals surface area contributed by atoms with Crippen LogP contribution in [-0.2, 0) is 0 Å². The van der Waals surface area contributed by atoms with Gasteiger partial charge in [-0.1, -0.05) is 78.9 Å². The largest absolute Gasteiger partial charge is 0.192 e. The Labute approximate surface area is 187 Å². The van der Waals surface area contributed by atoms with Gasteiger partial charge in [0, 0.05) is 0 Å². The van der Waals surface area contributed by atoms with E-state index in [9.17, 15) is 10.5 Å². The van der Waals surface area contributed by atoms with E-state index in [0.29, 0.717) is 11.1 Å². The lowest BCUT2D eigenvalue weighted by Gasteiger charge is -2.17. The fourth-order valence-corrected chi connectivity index (χ4v) is 4.22. The number of allylic oxidation sites excluding steroid dienone is 2. The topological polar surface area (TPSA) is 47.6 Å². The van der Waals surface area contributed by atoms with Crippen LogP contribution in [0.4, 0.5) is 0 Å². The summed E-state index contributed by atoms with van der Waals surface area (Å²) >= 11 is 0. The van der Waals surface area contributed by atoms with Crippen LogP contribution in [0.1, 0.15) is 38.9 Å². The van der Waals surface area contributed by atoms with Gasteiger partial charge in [-0.15, -0.1) is 0 Å². The molecule has 2 nitrogen and oxygen atoms in total. The van der Waals surface area contributed by atoms with Gasteiger partial charge in [0.25, 0.3) is 0 Å². The highest BCUT2D eigenvalue weighted by atomic mass is 14.3. The van der Waals surface area contributed by atoms with E-state index >= 15 is 0 Å². The average molecular weight is 406 g/mol. The van der Waals surface area contributed by atoms with Crippen molar-refractivity contribution in [3.63, 3.8) is 0 Å². The van der Waals surface area contributed by atoms with Crippen molar-refractivity contribution < 1.29 is 0 Å². The normalized spacial score (nSPS) is 13.5. The zero-order chi connectivity index (χ0) is 21.9. The summed E-state index contributed by atoms with van der Waals surface area (Å²) in [6, 6.07) is 38.7. The molecule has 0 heterocycles. The Morgan fingerprint density at radius 3 is 1.78 bits per heavy atom. The van der Waals surface area contributed by atoms with Crippen LogP contribution in [0.3, 0.4) is 0 Å². The summed E-state index contributed by atoms with van der Waals surface area (Å²) in [6.07, 6.45) is 2.22. The second-order valence-electron chi connectivity index (χ2n) is 7.64. The van der Waals surface area contributed by atoms with Gasteiger partial charge >= 0.3 is 0 Å². The third-order valence-corrected chi connectivity index (χ3v) is 5.74. The minimum atomic E-state index is 0.640. The predicted octanol–water partition coefficient (Wildman–Crippen LogP) is 6.94. The first kappa shape index (κ1) is 19.3. The molecule has 32 heavy (non-hydrogen) atoms. The summed E-state index contributed by atoms with van der Waals surface area (Å²) in [4.78, 5) is 0. The highest BCUT2D eigenvalue weighted by Gasteiger charge is 2.25. The van der Waals surface area contributed by atoms with Crippen LogP contribution in [0.25, 0.3) is 22.8 Å². The molecule has 0 aliphatic heterocycles. The molecule has 4 aromatic rings. The number of rotatable bonds is 3. The first-order chi connectivity index (χ1) is 15.8. The lowest BCUT2D eigenvalue weighted by molar-refractivity contribution is 1.47. The molecule has 0 atom stereocenters. The maximum Gasteiger partial charge on any atom is 0.0991 e. The first-order valence-electron chi connectivity index (χ1n) is 10.4. The van der Waals surface area contributed by atoms with Crippen molar-refractivity contribution >= 4 is 22.8 Å². The van der Waals surface area contributed by atoms with Crippen molar-refractivity contribution in [2.75, 3.05) is 0 Å². The molecule has 0 N–H and O–H groups in total. The molecular formula is C30H18N2. The third kappa shape index (κ3) is 3.41. The van der Waals surface area contributed by atoms with Crippen LogP contribution >= 0.6 is 0 Å². The fraction of sp³-hybridized carbons (Fsp3) is 0. The molecule has 0 saturated carbocycles. The number of hydrogen-bond donors (Lipinski definition) is 0. The second kappa shape index (κ2) is 8.23. The van der Waals surface area contributed by atoms with Gasteiger partial charge in [0.15, 0.2) is 0 Å². The number of hydrogen-bond acceptors (Lipinski definition) is 2. The maximum atomic E-state index is 9.27. The molecule has 0 radical (unpaired) electrons. The van der Waals surface area contributed by atoms with Gasteiger partial charge in [-0.25, -0.2) is 0 Å². The minimum absolute atomic E-state index is 0.640. The Morgan fingerprint density at radius 1 is 0.562 bits per heavy atom. The standard InChI is InChI=1S/C30H18N2/c31-19-21-10-14-23(15-11-21)28-18-26-8-4-5-9-27(26)30(28)29(24-6-2-1-3-7-24)25-16-12-22(20-32)13-17-25/h1-18H/b30-29+. The Bertz CT molecular complexity index is 1440. The Hall–Kier alpha value is -4.66. The number of fused-ring (bicyclic) bond motifs is 1. The molecule has 0 spiro atoms. The van der Waals surface area contributed by atoms with Crippen molar-refractivity contribution in [1.82, 2.24) is 0 Å². The van der Waals surface area contributed by atoms with Crippen molar-refractivity contribution in [3.05, 3.63) is 142 Å². The fourth-order valence-electron chi connectivity index (χ4n) is 4.22. The molecule has 0 aromatic heterocycles. The minimum Gasteiger partial charge on any atom is -0.192 e. The lowest BCUT2D eigenvalue weighted by Crippen LogP contribution is -1.96. The molecule has 5 rings (SSSR count). The van der Waals surface area contributed by atoms with Gasteiger partial charge in [-0.3, -0.25) is 0 Å². The molecule has 0 amide bonds. The van der Waals surface area contributed by atoms with E-state index in [1.807, 2.05) is 66.7 Å². The lowest BCUT2D eigenvalue weighted by atomic mass is 9.85. The highest BCUT2D eigenvalue weighted by molar-refractivity contribution is 6.25. The van der Waals surface area contributed by atoms with Crippen LogP contribution < -0.4 is 0 Å². The molecule has 1 aliphatic carbocycles. The zero-order valence-electron chi connectivity index (χ0n) is 17.3. The van der Waals surface area contributed by atoms with E-state index < -0.39 is 0 Å². The second-order valence-corrected chi connectivity index (χ2v) is 7.64. The van der Waals surface area contributed by atoms with Crippen LogP contribution in [-0.4, -0.2) is 0 Å². The summed E-state index contributed by atoms with van der Waals surface area (Å²) in [5, 5.41) is 18.5. The molecule has 2 heteroatoms. The van der Waals surface area contributed by atoms with E-state index in [4.69, 9.17) is 0 Å². The zero-order valence-corrected chi connectivity index (χ0v) is 17.3. The van der Waals surface area contributed by atoms with Crippen LogP contribution in [0, 0.1) is 22.7 Å². The van der Waals surface area contributed by atoms with Crippen molar-refractivity contribution in [1.29, 1.82) is 10.5 Å². The van der Waals surface area contributed by atoms with Gasteiger partial charge in [-0.05, 0) is 74.9 Å². The van der Waals surface area contributed by atoms with Crippen molar-refractivity contribution in [3.8, 4) is 12.1 Å². The van der Waals surface area contributed by atoms with Gasteiger partial charge in [0.1, 0.15) is 0 Å². The molecule has 0 saturated heterocycles. The first-order valence-corrected chi connectivity index (χ1v) is 10.4. The average Bonchev–Trinajstić information content (AvgIpc) is 3.25. The van der Waals surface area contributed by atoms with Crippen LogP contribution in [0.15, 0.2) is 103 Å². The maximum absolute atomic E-state index is 9.27. The molecule has 4 aromatic carbocycles. The van der Waals surface area contributed by atoms with E-state index in [2.05, 4.69) is 54.6 Å². The van der Waals surface area contributed by atoms with Gasteiger partial charge in [-0.2, -0.15) is 10.5 Å². The van der Waals surface area contributed by atoms with E-state index in [1.165, 1.54) is 11.1 Å². The molecule has 1 aliphatic rings. The number of benzene rings is 4. The van der Waals surface area contributed by atoms with Gasteiger partial charge < -0.3 is 0 Å². The Kier molecular flexibility index (Phi) is 4.97. The van der Waals surface area contributed by atoms with Gasteiger partial charge in [0.05, 0.1) is 23.3 Å². The van der Waals surface area contributed by atoms with Crippen LogP contribution in [0.5, 0.6) is 0 Å². The van der Waals surface area contributed by atoms with Gasteiger partial charge in [0.2, 0.25) is 0 Å². The highest BCUT2D eigenvalue weighted by Crippen LogP contribution is 2.47. The smallest absolute Gasteiger partial charge is 0.0991 e. The van der Waals surface area contributed by atoms with Crippen molar-refractivity contribution in [2.24, 2.45) is 0 Å². The van der Waals surface area contributed by atoms with E-state index in [0.717, 1.165) is 33.4 Å². The van der Waals surface area contributed by atoms with E-state index in [-0.39, 0.29) is 0 Å². The number of nitriles is 2.